The number of amides is 1. The molecule has 6 N–H and O–H groups in total. The Labute approximate surface area is 206 Å². The Kier molecular flexibility index (Phi) is 7.00. The average molecular weight is 488 g/mol. The number of carbonyl (C=O) groups excluding carboxylic acids is 2. The summed E-state index contributed by atoms with van der Waals surface area (Å²) in [6.07, 6.45) is 0.558. The summed E-state index contributed by atoms with van der Waals surface area (Å²) in [5, 5.41) is 23.8. The number of aryl methyl sites for hydroxylation is 2. The third-order valence-electron chi connectivity index (χ3n) is 6.12. The predicted molar refractivity (Wildman–Crippen MR) is 134 cm³/mol. The molecule has 3 aromatic carbocycles. The Morgan fingerprint density at radius 1 is 0.917 bits per heavy atom. The fraction of sp³-hybridized carbons (Fsp3) is 0.185. The number of fused-ring (bicyclic) bond motifs is 2. The van der Waals surface area contributed by atoms with Gasteiger partial charge in [0, 0.05) is 28.8 Å². The van der Waals surface area contributed by atoms with Crippen LogP contribution in [0, 0.1) is 0 Å². The summed E-state index contributed by atoms with van der Waals surface area (Å²) >= 11 is 0. The monoisotopic (exact) mass is 487 g/mol. The van der Waals surface area contributed by atoms with E-state index in [2.05, 4.69) is 10.6 Å². The third-order valence-corrected chi connectivity index (χ3v) is 6.12. The minimum Gasteiger partial charge on any atom is -0.481 e. The Hall–Kier alpha value is -4.66. The Morgan fingerprint density at radius 3 is 2.39 bits per heavy atom. The van der Waals surface area contributed by atoms with Gasteiger partial charge in [0.25, 0.3) is 5.91 Å². The topological polar surface area (TPSA) is 159 Å². The molecule has 0 radical (unpaired) electrons. The number of hydrogen-bond acceptors (Lipinski definition) is 6. The van der Waals surface area contributed by atoms with Gasteiger partial charge in [0.2, 0.25) is 0 Å². The Morgan fingerprint density at radius 2 is 1.67 bits per heavy atom. The second-order valence-corrected chi connectivity index (χ2v) is 8.58. The van der Waals surface area contributed by atoms with Crippen LogP contribution in [0.3, 0.4) is 0 Å². The van der Waals surface area contributed by atoms with E-state index in [9.17, 15) is 24.3 Å². The summed E-state index contributed by atoms with van der Waals surface area (Å²) in [5.74, 6) is -3.40. The van der Waals surface area contributed by atoms with Gasteiger partial charge in [-0.25, -0.2) is 4.79 Å². The van der Waals surface area contributed by atoms with E-state index in [-0.39, 0.29) is 17.8 Å². The van der Waals surface area contributed by atoms with Crippen LogP contribution in [-0.2, 0) is 22.4 Å². The second-order valence-electron chi connectivity index (χ2n) is 8.58. The van der Waals surface area contributed by atoms with Crippen LogP contribution in [-0.4, -0.2) is 39.9 Å². The zero-order valence-corrected chi connectivity index (χ0v) is 19.3. The normalized spacial score (nSPS) is 13.1. The molecule has 0 saturated carbocycles. The summed E-state index contributed by atoms with van der Waals surface area (Å²) in [6, 6.07) is 16.2. The molecule has 0 heterocycles. The summed E-state index contributed by atoms with van der Waals surface area (Å²) in [6.45, 7) is 0. The molecule has 0 saturated heterocycles. The summed E-state index contributed by atoms with van der Waals surface area (Å²) in [7, 11) is 0. The van der Waals surface area contributed by atoms with Crippen molar-refractivity contribution in [2.24, 2.45) is 0 Å². The number of carboxylic acid groups (broad SMARTS) is 2. The van der Waals surface area contributed by atoms with Crippen LogP contribution in [0.2, 0.25) is 0 Å². The number of benzene rings is 3. The van der Waals surface area contributed by atoms with Crippen molar-refractivity contribution in [3.05, 3.63) is 88.5 Å². The zero-order chi connectivity index (χ0) is 25.8. The van der Waals surface area contributed by atoms with Crippen molar-refractivity contribution < 1.29 is 29.4 Å². The van der Waals surface area contributed by atoms with Crippen LogP contribution in [0.5, 0.6) is 0 Å². The lowest BCUT2D eigenvalue weighted by molar-refractivity contribution is -0.140. The highest BCUT2D eigenvalue weighted by Gasteiger charge is 2.25. The van der Waals surface area contributed by atoms with Crippen LogP contribution in [0.1, 0.15) is 50.2 Å². The number of nitrogens with one attached hydrogen (secondary N) is 2. The minimum atomic E-state index is -1.35. The van der Waals surface area contributed by atoms with E-state index in [1.807, 2.05) is 24.3 Å². The average Bonchev–Trinajstić information content (AvgIpc) is 2.98. The van der Waals surface area contributed by atoms with Crippen molar-refractivity contribution in [2.45, 2.75) is 31.7 Å². The molecule has 1 aliphatic carbocycles. The first-order valence-electron chi connectivity index (χ1n) is 11.4. The minimum absolute atomic E-state index is 0.130. The molecule has 184 valence electrons. The van der Waals surface area contributed by atoms with Gasteiger partial charge in [0.05, 0.1) is 11.4 Å². The first-order chi connectivity index (χ1) is 17.2. The van der Waals surface area contributed by atoms with Crippen LogP contribution < -0.4 is 16.4 Å². The Bertz CT molecular complexity index is 1370. The van der Waals surface area contributed by atoms with E-state index < -0.39 is 30.3 Å². The second kappa shape index (κ2) is 10.3. The number of nitrogens with two attached hydrogens (primary N) is 1. The molecule has 1 aliphatic rings. The number of nitrogen functional groups attached to an aromatic ring is 1. The zero-order valence-electron chi connectivity index (χ0n) is 19.3. The van der Waals surface area contributed by atoms with Gasteiger partial charge in [-0.3, -0.25) is 14.4 Å². The fourth-order valence-electron chi connectivity index (χ4n) is 4.19. The van der Waals surface area contributed by atoms with Gasteiger partial charge in [-0.2, -0.15) is 0 Å². The quantitative estimate of drug-likeness (QED) is 0.302. The summed E-state index contributed by atoms with van der Waals surface area (Å²) in [5.41, 5.74) is 10.9. The van der Waals surface area contributed by atoms with E-state index >= 15 is 0 Å². The number of ketones is 1. The fourth-order valence-corrected chi connectivity index (χ4v) is 4.19. The maximum Gasteiger partial charge on any atom is 0.326 e. The van der Waals surface area contributed by atoms with E-state index in [1.165, 1.54) is 6.07 Å². The predicted octanol–water partition coefficient (Wildman–Crippen LogP) is 3.39. The number of aliphatic carboxylic acids is 2. The Balaban J connectivity index is 1.56. The summed E-state index contributed by atoms with van der Waals surface area (Å²) in [4.78, 5) is 48.3. The molecule has 0 aromatic heterocycles. The van der Waals surface area contributed by atoms with Gasteiger partial charge in [0.1, 0.15) is 6.04 Å². The van der Waals surface area contributed by atoms with Crippen LogP contribution in [0.4, 0.5) is 17.1 Å². The third kappa shape index (κ3) is 5.35. The standard InChI is InChI=1S/C27H25N3O6/c28-21-3-1-2-4-22(21)29-18-9-10-19-16(13-18)7-5-15-6-8-17(14-20(15)25(19)33)26(34)30-23(27(35)36)11-12-24(31)32/h1-4,6,8-10,13-14,23,29H,5,7,11-12,28H2,(H,30,34)(H,31,32)(H,35,36)/t23-/m0/s1. The highest BCUT2D eigenvalue weighted by Crippen LogP contribution is 2.29. The molecule has 0 unspecified atom stereocenters. The highest BCUT2D eigenvalue weighted by atomic mass is 16.4. The van der Waals surface area contributed by atoms with Gasteiger partial charge in [-0.1, -0.05) is 18.2 Å². The van der Waals surface area contributed by atoms with E-state index in [1.54, 1.807) is 30.3 Å². The molecular weight excluding hydrogens is 462 g/mol. The van der Waals surface area contributed by atoms with Gasteiger partial charge < -0.3 is 26.6 Å². The van der Waals surface area contributed by atoms with Crippen molar-refractivity contribution in [3.63, 3.8) is 0 Å². The van der Waals surface area contributed by atoms with Crippen LogP contribution >= 0.6 is 0 Å². The lowest BCUT2D eigenvalue weighted by Crippen LogP contribution is -2.41. The largest absolute Gasteiger partial charge is 0.481 e. The number of carbonyl (C=O) groups is 4. The molecule has 3 aromatic rings. The lowest BCUT2D eigenvalue weighted by atomic mass is 9.96. The van der Waals surface area contributed by atoms with Gasteiger partial charge >= 0.3 is 11.9 Å². The molecule has 1 amide bonds. The number of rotatable bonds is 8. The van der Waals surface area contributed by atoms with Gasteiger partial charge in [-0.05, 0) is 72.9 Å². The molecular formula is C27H25N3O6. The maximum absolute atomic E-state index is 13.4. The molecule has 1 atom stereocenters. The van der Waals surface area contributed by atoms with Crippen LogP contribution in [0.15, 0.2) is 60.7 Å². The molecule has 9 nitrogen and oxygen atoms in total. The van der Waals surface area contributed by atoms with Crippen molar-refractivity contribution in [3.8, 4) is 0 Å². The highest BCUT2D eigenvalue weighted by molar-refractivity contribution is 6.12. The van der Waals surface area contributed by atoms with E-state index in [0.29, 0.717) is 29.7 Å². The maximum atomic E-state index is 13.4. The molecule has 0 bridgehead atoms. The van der Waals surface area contributed by atoms with E-state index in [4.69, 9.17) is 10.8 Å². The molecule has 36 heavy (non-hydrogen) atoms. The molecule has 0 spiro atoms. The van der Waals surface area contributed by atoms with Crippen LogP contribution in [0.25, 0.3) is 0 Å². The number of hydrogen-bond donors (Lipinski definition) is 5. The number of para-hydroxylation sites is 2. The first kappa shape index (κ1) is 24.5. The molecule has 0 fully saturated rings. The molecule has 0 aliphatic heterocycles. The first-order valence-corrected chi connectivity index (χ1v) is 11.4. The SMILES string of the molecule is Nc1ccccc1Nc1ccc2c(c1)CCc1ccc(C(=O)N[C@@H](CCC(=O)O)C(=O)O)cc1C2=O. The molecule has 4 rings (SSSR count). The van der Waals surface area contributed by atoms with Crippen molar-refractivity contribution >= 4 is 40.7 Å². The number of anilines is 3. The van der Waals surface area contributed by atoms with Crippen molar-refractivity contribution in [2.75, 3.05) is 11.1 Å². The van der Waals surface area contributed by atoms with Gasteiger partial charge in [-0.15, -0.1) is 0 Å². The van der Waals surface area contributed by atoms with Crippen molar-refractivity contribution in [1.82, 2.24) is 5.32 Å². The van der Waals surface area contributed by atoms with Gasteiger partial charge in [0.15, 0.2) is 5.78 Å². The lowest BCUT2D eigenvalue weighted by Gasteiger charge is -2.14. The summed E-state index contributed by atoms with van der Waals surface area (Å²) < 4.78 is 0. The van der Waals surface area contributed by atoms with Crippen molar-refractivity contribution in [1.29, 1.82) is 0 Å². The number of carboxylic acids is 2. The molecule has 9 heteroatoms. The smallest absolute Gasteiger partial charge is 0.326 e. The van der Waals surface area contributed by atoms with E-state index in [0.717, 1.165) is 22.5 Å².